The van der Waals surface area contributed by atoms with Gasteiger partial charge in [-0.1, -0.05) is 12.5 Å². The molecule has 0 N–H and O–H groups in total. The summed E-state index contributed by atoms with van der Waals surface area (Å²) in [6.45, 7) is 4.54. The average Bonchev–Trinajstić information content (AvgIpc) is 3.15. The number of likely N-dealkylation sites (tertiary alicyclic amines) is 1. The van der Waals surface area contributed by atoms with Crippen LogP contribution in [0.4, 0.5) is 0 Å². The second-order valence-electron chi connectivity index (χ2n) is 8.41. The highest BCUT2D eigenvalue weighted by Gasteiger charge is 2.54. The Kier molecular flexibility index (Phi) is 3.62. The van der Waals surface area contributed by atoms with Crippen molar-refractivity contribution in [3.8, 4) is 0 Å². The number of carbonyl (C=O) groups excluding carboxylic acids is 1. The lowest BCUT2D eigenvalue weighted by Crippen LogP contribution is -2.38. The van der Waals surface area contributed by atoms with E-state index in [4.69, 9.17) is 0 Å². The third-order valence-corrected chi connectivity index (χ3v) is 6.61. The van der Waals surface area contributed by atoms with Crippen molar-refractivity contribution in [2.45, 2.75) is 51.5 Å². The van der Waals surface area contributed by atoms with Gasteiger partial charge in [0.15, 0.2) is 0 Å². The Morgan fingerprint density at radius 1 is 1.35 bits per heavy atom. The van der Waals surface area contributed by atoms with E-state index in [1.165, 1.54) is 32.1 Å². The van der Waals surface area contributed by atoms with Crippen molar-refractivity contribution in [3.05, 3.63) is 41.7 Å². The van der Waals surface area contributed by atoms with Gasteiger partial charge >= 0.3 is 0 Å². The molecule has 26 heavy (non-hydrogen) atoms. The Balaban J connectivity index is 1.43. The maximum Gasteiger partial charge on any atom is 0.272 e. The van der Waals surface area contributed by atoms with Crippen LogP contribution in [0.3, 0.4) is 0 Å². The molecule has 1 atom stereocenters. The van der Waals surface area contributed by atoms with Crippen LogP contribution in [-0.4, -0.2) is 43.6 Å². The number of rotatable bonds is 4. The van der Waals surface area contributed by atoms with Crippen molar-refractivity contribution in [2.24, 2.45) is 11.3 Å². The molecule has 5 rings (SSSR count). The molecule has 2 aromatic heterocycles. The molecule has 1 unspecified atom stereocenters. The standard InChI is InChI=1S/C20H25N5O/c1-14-4-2-9-21-17(14)19(26)24-11-16(20(12-24)7-3-8-20)18-23-22-13-25(18)10-15-5-6-15/h2,4,9,13,15-16H,3,5-8,10-12H2,1H3. The zero-order valence-electron chi connectivity index (χ0n) is 15.3. The highest BCUT2D eigenvalue weighted by atomic mass is 16.2. The van der Waals surface area contributed by atoms with Crippen LogP contribution in [0.2, 0.25) is 0 Å². The van der Waals surface area contributed by atoms with Gasteiger partial charge in [-0.2, -0.15) is 0 Å². The van der Waals surface area contributed by atoms with Crippen LogP contribution in [0.1, 0.15) is 59.9 Å². The van der Waals surface area contributed by atoms with Crippen LogP contribution >= 0.6 is 0 Å². The summed E-state index contributed by atoms with van der Waals surface area (Å²) < 4.78 is 2.25. The van der Waals surface area contributed by atoms with E-state index in [0.717, 1.165) is 36.9 Å². The second-order valence-corrected chi connectivity index (χ2v) is 8.41. The van der Waals surface area contributed by atoms with Gasteiger partial charge in [0.1, 0.15) is 17.8 Å². The van der Waals surface area contributed by atoms with E-state index < -0.39 is 0 Å². The molecule has 3 fully saturated rings. The van der Waals surface area contributed by atoms with Crippen molar-refractivity contribution in [1.29, 1.82) is 0 Å². The van der Waals surface area contributed by atoms with Crippen molar-refractivity contribution in [3.63, 3.8) is 0 Å². The van der Waals surface area contributed by atoms with Gasteiger partial charge < -0.3 is 9.47 Å². The van der Waals surface area contributed by atoms with E-state index in [-0.39, 0.29) is 11.3 Å². The van der Waals surface area contributed by atoms with Crippen LogP contribution in [0.5, 0.6) is 0 Å². The van der Waals surface area contributed by atoms with Crippen molar-refractivity contribution in [1.82, 2.24) is 24.6 Å². The van der Waals surface area contributed by atoms with Gasteiger partial charge in [-0.3, -0.25) is 9.78 Å². The topological polar surface area (TPSA) is 63.9 Å². The van der Waals surface area contributed by atoms with Crippen LogP contribution < -0.4 is 0 Å². The molecule has 0 radical (unpaired) electrons. The molecule has 2 aromatic rings. The van der Waals surface area contributed by atoms with Crippen LogP contribution in [0, 0.1) is 18.3 Å². The highest BCUT2D eigenvalue weighted by Crippen LogP contribution is 2.55. The number of aromatic nitrogens is 4. The zero-order valence-corrected chi connectivity index (χ0v) is 15.3. The minimum Gasteiger partial charge on any atom is -0.336 e. The first-order valence-corrected chi connectivity index (χ1v) is 9.75. The molecule has 2 aliphatic carbocycles. The first kappa shape index (κ1) is 16.0. The van der Waals surface area contributed by atoms with E-state index in [9.17, 15) is 4.79 Å². The number of aryl methyl sites for hydroxylation is 1. The predicted molar refractivity (Wildman–Crippen MR) is 96.6 cm³/mol. The van der Waals surface area contributed by atoms with Gasteiger partial charge in [-0.05, 0) is 55.6 Å². The van der Waals surface area contributed by atoms with Crippen molar-refractivity contribution in [2.75, 3.05) is 13.1 Å². The molecule has 3 aliphatic rings. The molecule has 1 saturated heterocycles. The summed E-state index contributed by atoms with van der Waals surface area (Å²) in [7, 11) is 0. The van der Waals surface area contributed by atoms with Crippen LogP contribution in [-0.2, 0) is 6.54 Å². The molecule has 2 saturated carbocycles. The third kappa shape index (κ3) is 2.54. The molecule has 3 heterocycles. The zero-order chi connectivity index (χ0) is 17.7. The Hall–Kier alpha value is -2.24. The summed E-state index contributed by atoms with van der Waals surface area (Å²) >= 11 is 0. The molecule has 0 bridgehead atoms. The minimum absolute atomic E-state index is 0.0603. The van der Waals surface area contributed by atoms with Gasteiger partial charge in [0.25, 0.3) is 5.91 Å². The largest absolute Gasteiger partial charge is 0.336 e. The van der Waals surface area contributed by atoms with Crippen molar-refractivity contribution >= 4 is 5.91 Å². The maximum absolute atomic E-state index is 13.1. The molecule has 6 heteroatoms. The van der Waals surface area contributed by atoms with Gasteiger partial charge in [0.05, 0.1) is 0 Å². The van der Waals surface area contributed by atoms with E-state index in [1.807, 2.05) is 30.3 Å². The molecule has 136 valence electrons. The summed E-state index contributed by atoms with van der Waals surface area (Å²) in [5.41, 5.74) is 1.72. The third-order valence-electron chi connectivity index (χ3n) is 6.61. The number of carbonyl (C=O) groups is 1. The van der Waals surface area contributed by atoms with Gasteiger partial charge in [-0.25, -0.2) is 0 Å². The summed E-state index contributed by atoms with van der Waals surface area (Å²) in [5, 5.41) is 8.71. The van der Waals surface area contributed by atoms with Gasteiger partial charge in [-0.15, -0.1) is 10.2 Å². The van der Waals surface area contributed by atoms with E-state index in [0.29, 0.717) is 11.6 Å². The fourth-order valence-corrected chi connectivity index (χ4v) is 4.73. The predicted octanol–water partition coefficient (Wildman–Crippen LogP) is 2.80. The van der Waals surface area contributed by atoms with E-state index in [1.54, 1.807) is 6.20 Å². The lowest BCUT2D eigenvalue weighted by Gasteiger charge is -2.42. The quantitative estimate of drug-likeness (QED) is 0.850. The highest BCUT2D eigenvalue weighted by molar-refractivity contribution is 5.94. The number of pyridine rings is 1. The lowest BCUT2D eigenvalue weighted by atomic mass is 9.62. The molecule has 1 amide bonds. The fourth-order valence-electron chi connectivity index (χ4n) is 4.73. The SMILES string of the molecule is Cc1cccnc1C(=O)N1CC(c2nncn2CC2CC2)C2(CCC2)C1. The van der Waals surface area contributed by atoms with Crippen molar-refractivity contribution < 1.29 is 4.79 Å². The second kappa shape index (κ2) is 5.89. The Morgan fingerprint density at radius 2 is 2.19 bits per heavy atom. The van der Waals surface area contributed by atoms with Gasteiger partial charge in [0.2, 0.25) is 0 Å². The number of amides is 1. The fraction of sp³-hybridized carbons (Fsp3) is 0.600. The smallest absolute Gasteiger partial charge is 0.272 e. The summed E-state index contributed by atoms with van der Waals surface area (Å²) in [6, 6.07) is 3.84. The Bertz CT molecular complexity index is 836. The lowest BCUT2D eigenvalue weighted by molar-refractivity contribution is 0.0717. The summed E-state index contributed by atoms with van der Waals surface area (Å²) in [5.74, 6) is 2.23. The monoisotopic (exact) mass is 351 g/mol. The summed E-state index contributed by atoms with van der Waals surface area (Å²) in [6.07, 6.45) is 9.83. The van der Waals surface area contributed by atoms with Gasteiger partial charge in [0, 0.05) is 31.7 Å². The molecule has 0 aromatic carbocycles. The molecular formula is C20H25N5O. The Morgan fingerprint density at radius 3 is 2.88 bits per heavy atom. The first-order valence-electron chi connectivity index (χ1n) is 9.75. The molecule has 1 spiro atoms. The summed E-state index contributed by atoms with van der Waals surface area (Å²) in [4.78, 5) is 19.5. The average molecular weight is 351 g/mol. The first-order chi connectivity index (χ1) is 12.7. The molecule has 1 aliphatic heterocycles. The van der Waals surface area contributed by atoms with E-state index >= 15 is 0 Å². The Labute approximate surface area is 153 Å². The van der Waals surface area contributed by atoms with E-state index in [2.05, 4.69) is 19.7 Å². The number of nitrogens with zero attached hydrogens (tertiary/aromatic N) is 5. The number of hydrogen-bond acceptors (Lipinski definition) is 4. The molecular weight excluding hydrogens is 326 g/mol. The maximum atomic E-state index is 13.1. The van der Waals surface area contributed by atoms with Crippen LogP contribution in [0.25, 0.3) is 0 Å². The van der Waals surface area contributed by atoms with Crippen LogP contribution in [0.15, 0.2) is 24.7 Å². The number of hydrogen-bond donors (Lipinski definition) is 0. The minimum atomic E-state index is 0.0603. The molecule has 6 nitrogen and oxygen atoms in total. The normalized spacial score (nSPS) is 24.0.